The molecule has 0 aromatic heterocycles. The third kappa shape index (κ3) is 2.18. The molecular weight excluding hydrogens is 336 g/mol. The Kier molecular flexibility index (Phi) is 3.84. The zero-order chi connectivity index (χ0) is 18.9. The van der Waals surface area contributed by atoms with Crippen molar-refractivity contribution in [2.75, 3.05) is 0 Å². The summed E-state index contributed by atoms with van der Waals surface area (Å²) in [6, 6.07) is 0. The summed E-state index contributed by atoms with van der Waals surface area (Å²) in [7, 11) is 0. The van der Waals surface area contributed by atoms with E-state index in [1.54, 1.807) is 0 Å². The minimum Gasteiger partial charge on any atom is -0.462 e. The summed E-state index contributed by atoms with van der Waals surface area (Å²) in [5, 5.41) is 21.7. The normalized spacial score (nSPS) is 50.1. The first-order chi connectivity index (χ1) is 12.1. The standard InChI is InChI=1S/C20H28O6/c1-11-9-13-15-18(2,17(23)25-13)6-4-7-19(15,3)20(11,24)8-5-12-10-14(21)26-16(12)22/h10-11,13,15-16,22,24H,4-9H2,1-3H3/t11-,13-,15-,16+,18+,19-,20-/m1/s1. The maximum atomic E-state index is 12.6. The molecule has 0 bridgehead atoms. The fourth-order valence-electron chi connectivity index (χ4n) is 6.51. The minimum atomic E-state index is -1.21. The molecule has 0 unspecified atom stereocenters. The van der Waals surface area contributed by atoms with E-state index in [1.165, 1.54) is 6.08 Å². The van der Waals surface area contributed by atoms with Crippen molar-refractivity contribution in [1.29, 1.82) is 0 Å². The lowest BCUT2D eigenvalue weighted by molar-refractivity contribution is -0.218. The van der Waals surface area contributed by atoms with Crippen molar-refractivity contribution in [3.8, 4) is 0 Å². The molecule has 3 fully saturated rings. The molecule has 144 valence electrons. The Bertz CT molecular complexity index is 686. The van der Waals surface area contributed by atoms with Crippen molar-refractivity contribution >= 4 is 11.9 Å². The van der Waals surface area contributed by atoms with Gasteiger partial charge in [-0.3, -0.25) is 4.79 Å². The third-order valence-electron chi connectivity index (χ3n) is 7.89. The second-order valence-corrected chi connectivity index (χ2v) is 9.18. The van der Waals surface area contributed by atoms with Gasteiger partial charge in [-0.2, -0.15) is 0 Å². The summed E-state index contributed by atoms with van der Waals surface area (Å²) in [4.78, 5) is 23.9. The van der Waals surface area contributed by atoms with Crippen LogP contribution in [0.4, 0.5) is 0 Å². The molecule has 0 aromatic carbocycles. The smallest absolute Gasteiger partial charge is 0.333 e. The molecule has 4 aliphatic rings. The van der Waals surface area contributed by atoms with E-state index in [1.807, 2.05) is 13.8 Å². The van der Waals surface area contributed by atoms with Crippen molar-refractivity contribution < 1.29 is 29.3 Å². The molecule has 6 nitrogen and oxygen atoms in total. The lowest BCUT2D eigenvalue weighted by Gasteiger charge is -2.61. The van der Waals surface area contributed by atoms with Crippen LogP contribution >= 0.6 is 0 Å². The number of aliphatic hydroxyl groups is 2. The van der Waals surface area contributed by atoms with E-state index >= 15 is 0 Å². The summed E-state index contributed by atoms with van der Waals surface area (Å²) in [5.74, 6) is -0.708. The lowest BCUT2D eigenvalue weighted by atomic mass is 9.44. The van der Waals surface area contributed by atoms with E-state index < -0.39 is 28.7 Å². The van der Waals surface area contributed by atoms with Gasteiger partial charge in [-0.1, -0.05) is 20.3 Å². The summed E-state index contributed by atoms with van der Waals surface area (Å²) in [5.41, 5.74) is -1.45. The highest BCUT2D eigenvalue weighted by Crippen LogP contribution is 2.67. The SMILES string of the molecule is C[C@@H]1C[C@H]2OC(=O)[C@@]3(C)CCC[C@](C)([C@H]23)[C@@]1(O)CCC1=CC(=O)O[C@@H]1O. The number of carbonyl (C=O) groups excluding carboxylic acids is 2. The second-order valence-electron chi connectivity index (χ2n) is 9.18. The van der Waals surface area contributed by atoms with Gasteiger partial charge in [0.15, 0.2) is 0 Å². The van der Waals surface area contributed by atoms with E-state index in [2.05, 4.69) is 6.92 Å². The molecular formula is C20H28O6. The maximum Gasteiger partial charge on any atom is 0.333 e. The van der Waals surface area contributed by atoms with Crippen LogP contribution in [0.3, 0.4) is 0 Å². The molecule has 2 saturated carbocycles. The van der Waals surface area contributed by atoms with E-state index in [-0.39, 0.29) is 23.9 Å². The summed E-state index contributed by atoms with van der Waals surface area (Å²) >= 11 is 0. The molecule has 0 aromatic rings. The van der Waals surface area contributed by atoms with Gasteiger partial charge in [0.25, 0.3) is 0 Å². The molecule has 7 atom stereocenters. The van der Waals surface area contributed by atoms with Crippen LogP contribution in [0, 0.1) is 22.7 Å². The topological polar surface area (TPSA) is 93.1 Å². The van der Waals surface area contributed by atoms with Crippen molar-refractivity contribution in [3.05, 3.63) is 11.6 Å². The van der Waals surface area contributed by atoms with E-state index in [9.17, 15) is 19.8 Å². The number of hydrogen-bond acceptors (Lipinski definition) is 6. The van der Waals surface area contributed by atoms with Gasteiger partial charge in [-0.15, -0.1) is 0 Å². The van der Waals surface area contributed by atoms with Gasteiger partial charge in [-0.25, -0.2) is 4.79 Å². The number of ether oxygens (including phenoxy) is 2. The molecule has 4 rings (SSSR count). The average molecular weight is 364 g/mol. The Morgan fingerprint density at radius 1 is 1.23 bits per heavy atom. The number of hydrogen-bond donors (Lipinski definition) is 2. The van der Waals surface area contributed by atoms with Crippen molar-refractivity contribution in [2.45, 2.75) is 77.3 Å². The molecule has 6 heteroatoms. The van der Waals surface area contributed by atoms with Crippen molar-refractivity contribution in [3.63, 3.8) is 0 Å². The minimum absolute atomic E-state index is 0.00202. The molecule has 2 aliphatic carbocycles. The predicted molar refractivity (Wildman–Crippen MR) is 91.6 cm³/mol. The van der Waals surface area contributed by atoms with E-state index in [0.29, 0.717) is 24.8 Å². The highest BCUT2D eigenvalue weighted by Gasteiger charge is 2.71. The Labute approximate surface area is 153 Å². The van der Waals surface area contributed by atoms with Crippen LogP contribution < -0.4 is 0 Å². The first kappa shape index (κ1) is 18.0. The van der Waals surface area contributed by atoms with Gasteiger partial charge < -0.3 is 19.7 Å². The zero-order valence-electron chi connectivity index (χ0n) is 15.7. The van der Waals surface area contributed by atoms with Crippen molar-refractivity contribution in [2.24, 2.45) is 22.7 Å². The van der Waals surface area contributed by atoms with E-state index in [4.69, 9.17) is 9.47 Å². The average Bonchev–Trinajstić information content (AvgIpc) is 3.01. The van der Waals surface area contributed by atoms with Gasteiger partial charge in [0.05, 0.1) is 11.0 Å². The maximum absolute atomic E-state index is 12.6. The van der Waals surface area contributed by atoms with Gasteiger partial charge in [0, 0.05) is 23.0 Å². The lowest BCUT2D eigenvalue weighted by Crippen LogP contribution is -2.65. The number of cyclic esters (lactones) is 1. The third-order valence-corrected chi connectivity index (χ3v) is 7.89. The highest BCUT2D eigenvalue weighted by molar-refractivity contribution is 5.85. The first-order valence-corrected chi connectivity index (χ1v) is 9.64. The Morgan fingerprint density at radius 3 is 2.62 bits per heavy atom. The first-order valence-electron chi connectivity index (χ1n) is 9.64. The molecule has 2 heterocycles. The van der Waals surface area contributed by atoms with Gasteiger partial charge >= 0.3 is 11.9 Å². The zero-order valence-corrected chi connectivity index (χ0v) is 15.7. The summed E-state index contributed by atoms with van der Waals surface area (Å²) in [6.45, 7) is 6.10. The Hall–Kier alpha value is -1.40. The Morgan fingerprint density at radius 2 is 1.96 bits per heavy atom. The van der Waals surface area contributed by atoms with Gasteiger partial charge in [0.2, 0.25) is 6.29 Å². The fourth-order valence-corrected chi connectivity index (χ4v) is 6.51. The molecule has 2 aliphatic heterocycles. The van der Waals surface area contributed by atoms with Crippen LogP contribution in [-0.4, -0.2) is 40.1 Å². The van der Waals surface area contributed by atoms with Crippen LogP contribution in [0.5, 0.6) is 0 Å². The van der Waals surface area contributed by atoms with Crippen LogP contribution in [0.1, 0.15) is 59.3 Å². The number of carbonyl (C=O) groups is 2. The Balaban J connectivity index is 1.66. The molecule has 1 saturated heterocycles. The predicted octanol–water partition coefficient (Wildman–Crippen LogP) is 2.08. The molecule has 0 spiro atoms. The number of rotatable bonds is 3. The largest absolute Gasteiger partial charge is 0.462 e. The summed E-state index contributed by atoms with van der Waals surface area (Å²) in [6.07, 6.45) is 3.98. The molecule has 0 radical (unpaired) electrons. The van der Waals surface area contributed by atoms with Crippen molar-refractivity contribution in [1.82, 2.24) is 0 Å². The molecule has 0 amide bonds. The second kappa shape index (κ2) is 5.55. The van der Waals surface area contributed by atoms with E-state index in [0.717, 1.165) is 19.3 Å². The van der Waals surface area contributed by atoms with Gasteiger partial charge in [0.1, 0.15) is 6.10 Å². The molecule has 26 heavy (non-hydrogen) atoms. The summed E-state index contributed by atoms with van der Waals surface area (Å²) < 4.78 is 10.5. The fraction of sp³-hybridized carbons (Fsp3) is 0.800. The van der Waals surface area contributed by atoms with Crippen LogP contribution in [0.2, 0.25) is 0 Å². The van der Waals surface area contributed by atoms with Crippen LogP contribution in [-0.2, 0) is 19.1 Å². The molecule has 2 N–H and O–H groups in total. The van der Waals surface area contributed by atoms with Crippen LogP contribution in [0.15, 0.2) is 11.6 Å². The monoisotopic (exact) mass is 364 g/mol. The van der Waals surface area contributed by atoms with Gasteiger partial charge in [-0.05, 0) is 44.9 Å². The number of esters is 2. The van der Waals surface area contributed by atoms with Crippen LogP contribution in [0.25, 0.3) is 0 Å². The highest BCUT2D eigenvalue weighted by atomic mass is 16.6. The quantitative estimate of drug-likeness (QED) is 0.745. The number of aliphatic hydroxyl groups excluding tert-OH is 1.